The Hall–Kier alpha value is -1.75. The van der Waals surface area contributed by atoms with E-state index in [-0.39, 0.29) is 0 Å². The van der Waals surface area contributed by atoms with Gasteiger partial charge in [0.1, 0.15) is 5.82 Å². The second-order valence-corrected chi connectivity index (χ2v) is 7.50. The quantitative estimate of drug-likeness (QED) is 0.851. The van der Waals surface area contributed by atoms with Crippen molar-refractivity contribution in [3.8, 4) is 5.82 Å². The van der Waals surface area contributed by atoms with Crippen LogP contribution in [0.2, 0.25) is 0 Å². The van der Waals surface area contributed by atoms with Crippen LogP contribution in [0.25, 0.3) is 5.82 Å². The molecule has 5 heteroatoms. The summed E-state index contributed by atoms with van der Waals surface area (Å²) in [5, 5.41) is 0. The molecule has 2 aliphatic rings. The minimum absolute atomic E-state index is 0.511. The molecule has 1 aliphatic heterocycles. The van der Waals surface area contributed by atoms with Gasteiger partial charge in [0, 0.05) is 43.5 Å². The summed E-state index contributed by atoms with van der Waals surface area (Å²) in [4.78, 5) is 16.6. The van der Waals surface area contributed by atoms with E-state index in [1.807, 2.05) is 24.8 Å². The van der Waals surface area contributed by atoms with Crippen molar-refractivity contribution in [3.05, 3.63) is 36.3 Å². The first-order chi connectivity index (χ1) is 12.3. The molecule has 2 aromatic heterocycles. The van der Waals surface area contributed by atoms with Crippen molar-refractivity contribution < 1.29 is 0 Å². The minimum Gasteiger partial charge on any atom is -0.300 e. The predicted molar refractivity (Wildman–Crippen MR) is 99.0 cm³/mol. The van der Waals surface area contributed by atoms with E-state index in [0.29, 0.717) is 5.92 Å². The van der Waals surface area contributed by atoms with Crippen molar-refractivity contribution in [2.45, 2.75) is 70.3 Å². The van der Waals surface area contributed by atoms with Gasteiger partial charge in [0.25, 0.3) is 0 Å². The Balaban J connectivity index is 1.52. The maximum absolute atomic E-state index is 4.96. The zero-order chi connectivity index (χ0) is 17.1. The molecule has 2 fully saturated rings. The van der Waals surface area contributed by atoms with Gasteiger partial charge in [-0.3, -0.25) is 14.5 Å². The third kappa shape index (κ3) is 3.61. The lowest BCUT2D eigenvalue weighted by molar-refractivity contribution is 0.118. The normalized spacial score (nSPS) is 23.0. The molecule has 3 heterocycles. The number of imidazole rings is 1. The van der Waals surface area contributed by atoms with E-state index in [4.69, 9.17) is 4.98 Å². The van der Waals surface area contributed by atoms with Crippen LogP contribution in [0.1, 0.15) is 69.3 Å². The highest BCUT2D eigenvalue weighted by molar-refractivity contribution is 5.24. The first-order valence-corrected chi connectivity index (χ1v) is 9.93. The first kappa shape index (κ1) is 16.7. The van der Waals surface area contributed by atoms with Gasteiger partial charge in [-0.05, 0) is 32.2 Å². The highest BCUT2D eigenvalue weighted by atomic mass is 15.2. The van der Waals surface area contributed by atoms with Crippen molar-refractivity contribution in [3.63, 3.8) is 0 Å². The van der Waals surface area contributed by atoms with Crippen LogP contribution in [0, 0.1) is 0 Å². The third-order valence-corrected chi connectivity index (χ3v) is 5.88. The molecule has 1 atom stereocenters. The second-order valence-electron chi connectivity index (χ2n) is 7.50. The molecule has 25 heavy (non-hydrogen) atoms. The number of piperidine rings is 1. The van der Waals surface area contributed by atoms with Crippen LogP contribution in [0.5, 0.6) is 0 Å². The molecule has 1 aliphatic carbocycles. The van der Waals surface area contributed by atoms with Crippen LogP contribution >= 0.6 is 0 Å². The van der Waals surface area contributed by atoms with Crippen LogP contribution in [0.4, 0.5) is 0 Å². The molecular weight excluding hydrogens is 310 g/mol. The molecule has 5 nitrogen and oxygen atoms in total. The van der Waals surface area contributed by atoms with E-state index < -0.39 is 0 Å². The number of aryl methyl sites for hydroxylation is 1. The summed E-state index contributed by atoms with van der Waals surface area (Å²) in [6.45, 7) is 4.53. The molecular formula is C20H29N5. The highest BCUT2D eigenvalue weighted by Crippen LogP contribution is 2.31. The number of likely N-dealkylation sites (tertiary alicyclic amines) is 1. The lowest BCUT2D eigenvalue weighted by Crippen LogP contribution is -2.43. The lowest BCUT2D eigenvalue weighted by Gasteiger charge is -2.39. The van der Waals surface area contributed by atoms with Gasteiger partial charge >= 0.3 is 0 Å². The van der Waals surface area contributed by atoms with Crippen LogP contribution in [-0.4, -0.2) is 43.6 Å². The monoisotopic (exact) mass is 339 g/mol. The van der Waals surface area contributed by atoms with Crippen molar-refractivity contribution in [2.24, 2.45) is 0 Å². The molecule has 134 valence electrons. The van der Waals surface area contributed by atoms with Crippen LogP contribution < -0.4 is 0 Å². The summed E-state index contributed by atoms with van der Waals surface area (Å²) in [5.74, 6) is 2.46. The highest BCUT2D eigenvalue weighted by Gasteiger charge is 2.28. The van der Waals surface area contributed by atoms with Gasteiger partial charge in [-0.25, -0.2) is 9.97 Å². The summed E-state index contributed by atoms with van der Waals surface area (Å²) in [5.41, 5.74) is 1.15. The Morgan fingerprint density at radius 1 is 1.08 bits per heavy atom. The average molecular weight is 339 g/mol. The van der Waals surface area contributed by atoms with Crippen LogP contribution in [-0.2, 0) is 6.42 Å². The summed E-state index contributed by atoms with van der Waals surface area (Å²) in [7, 11) is 0. The molecule has 2 aromatic rings. The molecule has 4 rings (SSSR count). The van der Waals surface area contributed by atoms with E-state index in [1.54, 1.807) is 0 Å². The molecule has 0 spiro atoms. The maximum atomic E-state index is 4.96. The van der Waals surface area contributed by atoms with E-state index >= 15 is 0 Å². The van der Waals surface area contributed by atoms with Crippen LogP contribution in [0.15, 0.2) is 24.8 Å². The largest absolute Gasteiger partial charge is 0.300 e. The number of hydrogen-bond acceptors (Lipinski definition) is 4. The number of hydrogen-bond donors (Lipinski definition) is 0. The smallest absolute Gasteiger partial charge is 0.156 e. The van der Waals surface area contributed by atoms with Crippen LogP contribution in [0.3, 0.4) is 0 Å². The standard InChI is InChI=1S/C20H29N5/c1-2-19-22-10-12-25(19)20-14-21-13-18(23-20)16-7-6-11-24(15-16)17-8-4-3-5-9-17/h10,12-14,16-17H,2-9,11,15H2,1H3/t16-/m1/s1. The van der Waals surface area contributed by atoms with E-state index in [9.17, 15) is 0 Å². The number of nitrogens with zero attached hydrogens (tertiary/aromatic N) is 5. The molecule has 0 aromatic carbocycles. The van der Waals surface area contributed by atoms with Gasteiger partial charge < -0.3 is 0 Å². The fourth-order valence-electron chi connectivity index (χ4n) is 4.51. The first-order valence-electron chi connectivity index (χ1n) is 9.93. The van der Waals surface area contributed by atoms with Crippen molar-refractivity contribution in [1.29, 1.82) is 0 Å². The fraction of sp³-hybridized carbons (Fsp3) is 0.650. The molecule has 0 unspecified atom stereocenters. The van der Waals surface area contributed by atoms with Gasteiger partial charge in [-0.15, -0.1) is 0 Å². The Bertz CT molecular complexity index is 689. The Morgan fingerprint density at radius 3 is 2.80 bits per heavy atom. The minimum atomic E-state index is 0.511. The predicted octanol–water partition coefficient (Wildman–Crippen LogP) is 3.74. The Kier molecular flexibility index (Phi) is 5.11. The van der Waals surface area contributed by atoms with E-state index in [2.05, 4.69) is 26.4 Å². The third-order valence-electron chi connectivity index (χ3n) is 5.88. The summed E-state index contributed by atoms with van der Waals surface area (Å²) in [6.07, 6.45) is 18.1. The van der Waals surface area contributed by atoms with E-state index in [0.717, 1.165) is 36.3 Å². The molecule has 1 saturated carbocycles. The Labute approximate surface area is 150 Å². The molecule has 0 bridgehead atoms. The molecule has 0 N–H and O–H groups in total. The maximum Gasteiger partial charge on any atom is 0.156 e. The SMILES string of the molecule is CCc1nccn1-c1cncc([C@@H]2CCCN(C3CCCCC3)C2)n1. The molecule has 0 radical (unpaired) electrons. The van der Waals surface area contributed by atoms with Crippen molar-refractivity contribution >= 4 is 0 Å². The summed E-state index contributed by atoms with van der Waals surface area (Å²) in [6, 6.07) is 0.799. The van der Waals surface area contributed by atoms with Crippen molar-refractivity contribution in [2.75, 3.05) is 13.1 Å². The second kappa shape index (κ2) is 7.65. The zero-order valence-electron chi connectivity index (χ0n) is 15.3. The molecule has 0 amide bonds. The molecule has 1 saturated heterocycles. The Morgan fingerprint density at radius 2 is 1.96 bits per heavy atom. The average Bonchev–Trinajstić information content (AvgIpc) is 3.18. The van der Waals surface area contributed by atoms with Gasteiger partial charge in [0.05, 0.1) is 11.9 Å². The van der Waals surface area contributed by atoms with E-state index in [1.165, 1.54) is 51.5 Å². The van der Waals surface area contributed by atoms with Crippen molar-refractivity contribution in [1.82, 2.24) is 24.4 Å². The zero-order valence-corrected chi connectivity index (χ0v) is 15.3. The topological polar surface area (TPSA) is 46.8 Å². The lowest BCUT2D eigenvalue weighted by atomic mass is 9.89. The van der Waals surface area contributed by atoms with Gasteiger partial charge in [-0.1, -0.05) is 26.2 Å². The number of rotatable bonds is 4. The summed E-state index contributed by atoms with van der Waals surface area (Å²) >= 11 is 0. The number of aromatic nitrogens is 4. The van der Waals surface area contributed by atoms with Gasteiger partial charge in [0.15, 0.2) is 5.82 Å². The van der Waals surface area contributed by atoms with Gasteiger partial charge in [-0.2, -0.15) is 0 Å². The summed E-state index contributed by atoms with van der Waals surface area (Å²) < 4.78 is 2.07. The van der Waals surface area contributed by atoms with Gasteiger partial charge in [0.2, 0.25) is 0 Å². The fourth-order valence-corrected chi connectivity index (χ4v) is 4.51.